The molecule has 2 aromatic heterocycles. The van der Waals surface area contributed by atoms with E-state index in [1.165, 1.54) is 4.52 Å². The van der Waals surface area contributed by atoms with Gasteiger partial charge in [-0.3, -0.25) is 19.5 Å². The summed E-state index contributed by atoms with van der Waals surface area (Å²) in [6.07, 6.45) is 3.17. The number of nitrogens with zero attached hydrogens (tertiary/aromatic N) is 4. The maximum atomic E-state index is 13.1. The number of nitrogens with one attached hydrogen (secondary N) is 1. The monoisotopic (exact) mass is 447 g/mol. The Morgan fingerprint density at radius 2 is 1.82 bits per heavy atom. The fourth-order valence-electron chi connectivity index (χ4n) is 4.97. The molecule has 1 aromatic carbocycles. The number of aromatic amines is 1. The minimum atomic E-state index is -0.120. The molecule has 8 heteroatoms. The lowest BCUT2D eigenvalue weighted by molar-refractivity contribution is -0.132. The lowest BCUT2D eigenvalue weighted by Gasteiger charge is -2.31. The third kappa shape index (κ3) is 4.17. The van der Waals surface area contributed by atoms with Gasteiger partial charge in [0.25, 0.3) is 5.56 Å². The normalized spacial score (nSPS) is 16.8. The van der Waals surface area contributed by atoms with Gasteiger partial charge in [0, 0.05) is 50.2 Å². The van der Waals surface area contributed by atoms with Crippen LogP contribution in [0.3, 0.4) is 0 Å². The lowest BCUT2D eigenvalue weighted by atomic mass is 9.93. The molecule has 1 saturated heterocycles. The van der Waals surface area contributed by atoms with E-state index in [1.54, 1.807) is 4.90 Å². The average Bonchev–Trinajstić information content (AvgIpc) is 3.28. The van der Waals surface area contributed by atoms with Gasteiger partial charge in [0.05, 0.1) is 24.2 Å². The number of hydrogen-bond donors (Lipinski definition) is 1. The van der Waals surface area contributed by atoms with Crippen molar-refractivity contribution in [2.45, 2.75) is 51.5 Å². The molecule has 33 heavy (non-hydrogen) atoms. The number of likely N-dealkylation sites (tertiary alicyclic amines) is 1. The molecule has 2 aliphatic rings. The van der Waals surface area contributed by atoms with Gasteiger partial charge >= 0.3 is 0 Å². The number of aromatic nitrogens is 3. The second kappa shape index (κ2) is 8.84. The zero-order valence-corrected chi connectivity index (χ0v) is 18.9. The van der Waals surface area contributed by atoms with Crippen molar-refractivity contribution in [3.05, 3.63) is 69.3 Å². The van der Waals surface area contributed by atoms with Gasteiger partial charge in [0.2, 0.25) is 11.8 Å². The third-order valence-corrected chi connectivity index (χ3v) is 6.92. The van der Waals surface area contributed by atoms with Gasteiger partial charge in [0.15, 0.2) is 5.65 Å². The predicted octanol–water partition coefficient (Wildman–Crippen LogP) is 2.27. The van der Waals surface area contributed by atoms with Gasteiger partial charge in [-0.15, -0.1) is 0 Å². The molecule has 172 valence electrons. The maximum Gasteiger partial charge on any atom is 0.277 e. The molecule has 0 radical (unpaired) electrons. The number of rotatable bonds is 4. The van der Waals surface area contributed by atoms with Crippen LogP contribution in [0.2, 0.25) is 0 Å². The fraction of sp³-hybridized carbons (Fsp3) is 0.440. The topological polar surface area (TPSA) is 90.8 Å². The smallest absolute Gasteiger partial charge is 0.277 e. The summed E-state index contributed by atoms with van der Waals surface area (Å²) in [4.78, 5) is 46.3. The minimum absolute atomic E-state index is 0.0610. The average molecular weight is 448 g/mol. The highest BCUT2D eigenvalue weighted by molar-refractivity contribution is 5.79. The van der Waals surface area contributed by atoms with Crippen LogP contribution in [0, 0.1) is 0 Å². The van der Waals surface area contributed by atoms with Gasteiger partial charge in [-0.25, -0.2) is 9.50 Å². The van der Waals surface area contributed by atoms with Crippen LogP contribution in [0.1, 0.15) is 54.6 Å². The molecule has 0 spiro atoms. The summed E-state index contributed by atoms with van der Waals surface area (Å²) in [6, 6.07) is 11.8. The molecule has 1 N–H and O–H groups in total. The van der Waals surface area contributed by atoms with Gasteiger partial charge < -0.3 is 9.80 Å². The SMILES string of the molecule is CCC(=O)N1CCc2nc3cc(C4CCN(C(=O)Cc5ccccc5)CC4)[nH]n3c(=O)c2C1. The predicted molar refractivity (Wildman–Crippen MR) is 124 cm³/mol. The largest absolute Gasteiger partial charge is 0.342 e. The standard InChI is InChI=1S/C25H29N5O3/c1-2-23(31)29-13-10-20-19(16-29)25(33)30-22(26-20)15-21(27-30)18-8-11-28(12-9-18)24(32)14-17-6-4-3-5-7-17/h3-7,15,18,27H,2,8-14,16H2,1H3. The summed E-state index contributed by atoms with van der Waals surface area (Å²) in [5.41, 5.74) is 3.94. The van der Waals surface area contributed by atoms with E-state index in [2.05, 4.69) is 5.10 Å². The lowest BCUT2D eigenvalue weighted by Crippen LogP contribution is -2.40. The Kier molecular flexibility index (Phi) is 5.74. The molecule has 5 rings (SSSR count). The second-order valence-electron chi connectivity index (χ2n) is 8.98. The number of amides is 2. The quantitative estimate of drug-likeness (QED) is 0.664. The summed E-state index contributed by atoms with van der Waals surface area (Å²) in [5.74, 6) is 0.473. The van der Waals surface area contributed by atoms with Gasteiger partial charge in [0.1, 0.15) is 0 Å². The number of H-pyrrole nitrogens is 1. The van der Waals surface area contributed by atoms with E-state index in [9.17, 15) is 14.4 Å². The summed E-state index contributed by atoms with van der Waals surface area (Å²) in [7, 11) is 0. The first kappa shape index (κ1) is 21.4. The molecular formula is C25H29N5O3. The van der Waals surface area contributed by atoms with E-state index in [0.29, 0.717) is 56.7 Å². The van der Waals surface area contributed by atoms with Crippen molar-refractivity contribution in [3.63, 3.8) is 0 Å². The van der Waals surface area contributed by atoms with Crippen molar-refractivity contribution in [2.75, 3.05) is 19.6 Å². The molecule has 0 unspecified atom stereocenters. The molecule has 2 amide bonds. The van der Waals surface area contributed by atoms with Crippen molar-refractivity contribution in [2.24, 2.45) is 0 Å². The Bertz CT molecular complexity index is 1240. The van der Waals surface area contributed by atoms with Gasteiger partial charge in [-0.05, 0) is 18.4 Å². The van der Waals surface area contributed by atoms with Crippen LogP contribution in [0.4, 0.5) is 0 Å². The van der Waals surface area contributed by atoms with Crippen LogP contribution < -0.4 is 5.56 Å². The molecule has 3 aromatic rings. The molecule has 0 saturated carbocycles. The molecule has 2 aliphatic heterocycles. The maximum absolute atomic E-state index is 13.1. The fourth-order valence-corrected chi connectivity index (χ4v) is 4.97. The Morgan fingerprint density at radius 1 is 1.06 bits per heavy atom. The number of hydrogen-bond acceptors (Lipinski definition) is 4. The Balaban J connectivity index is 1.29. The molecule has 0 aliphatic carbocycles. The summed E-state index contributed by atoms with van der Waals surface area (Å²) >= 11 is 0. The number of fused-ring (bicyclic) bond motifs is 2. The van der Waals surface area contributed by atoms with E-state index in [1.807, 2.05) is 48.2 Å². The number of piperidine rings is 1. The first-order chi connectivity index (χ1) is 16.0. The highest BCUT2D eigenvalue weighted by Gasteiger charge is 2.28. The van der Waals surface area contributed by atoms with Crippen molar-refractivity contribution in [1.82, 2.24) is 24.4 Å². The van der Waals surface area contributed by atoms with Crippen LogP contribution in [0.15, 0.2) is 41.2 Å². The summed E-state index contributed by atoms with van der Waals surface area (Å²) in [5, 5.41) is 3.26. The van der Waals surface area contributed by atoms with Crippen LogP contribution in [0.25, 0.3) is 5.65 Å². The Labute approximate surface area is 192 Å². The van der Waals surface area contributed by atoms with Crippen LogP contribution in [0.5, 0.6) is 0 Å². The van der Waals surface area contributed by atoms with E-state index in [4.69, 9.17) is 4.98 Å². The zero-order valence-electron chi connectivity index (χ0n) is 18.9. The number of carbonyl (C=O) groups excluding carboxylic acids is 2. The molecular weight excluding hydrogens is 418 g/mol. The van der Waals surface area contributed by atoms with Crippen LogP contribution in [-0.2, 0) is 29.0 Å². The number of benzene rings is 1. The van der Waals surface area contributed by atoms with Gasteiger partial charge in [-0.1, -0.05) is 37.3 Å². The highest BCUT2D eigenvalue weighted by atomic mass is 16.2. The van der Waals surface area contributed by atoms with E-state index in [0.717, 1.165) is 29.8 Å². The first-order valence-electron chi connectivity index (χ1n) is 11.8. The molecule has 4 heterocycles. The second-order valence-corrected chi connectivity index (χ2v) is 8.98. The number of carbonyl (C=O) groups is 2. The van der Waals surface area contributed by atoms with Crippen molar-refractivity contribution in [1.29, 1.82) is 0 Å². The Hall–Kier alpha value is -3.42. The highest BCUT2D eigenvalue weighted by Crippen LogP contribution is 2.28. The first-order valence-corrected chi connectivity index (χ1v) is 11.8. The summed E-state index contributed by atoms with van der Waals surface area (Å²) in [6.45, 7) is 4.18. The van der Waals surface area contributed by atoms with Gasteiger partial charge in [-0.2, -0.15) is 0 Å². The zero-order chi connectivity index (χ0) is 22.9. The van der Waals surface area contributed by atoms with E-state index >= 15 is 0 Å². The van der Waals surface area contributed by atoms with Crippen molar-refractivity contribution >= 4 is 17.5 Å². The molecule has 0 bridgehead atoms. The summed E-state index contributed by atoms with van der Waals surface area (Å²) < 4.78 is 1.51. The van der Waals surface area contributed by atoms with Crippen LogP contribution in [-0.4, -0.2) is 55.8 Å². The van der Waals surface area contributed by atoms with Crippen LogP contribution >= 0.6 is 0 Å². The van der Waals surface area contributed by atoms with Crippen molar-refractivity contribution < 1.29 is 9.59 Å². The molecule has 8 nitrogen and oxygen atoms in total. The molecule has 1 fully saturated rings. The van der Waals surface area contributed by atoms with E-state index < -0.39 is 0 Å². The van der Waals surface area contributed by atoms with E-state index in [-0.39, 0.29) is 23.3 Å². The third-order valence-electron chi connectivity index (χ3n) is 6.92. The van der Waals surface area contributed by atoms with Crippen molar-refractivity contribution in [3.8, 4) is 0 Å². The molecule has 0 atom stereocenters. The Morgan fingerprint density at radius 3 is 2.55 bits per heavy atom. The minimum Gasteiger partial charge on any atom is -0.342 e.